The number of nitrogens with one attached hydrogen (secondary N) is 1. The molecule has 10 heteroatoms. The Morgan fingerprint density at radius 1 is 1.31 bits per heavy atom. The van der Waals surface area contributed by atoms with Gasteiger partial charge in [-0.05, 0) is 44.7 Å². The molecule has 0 aliphatic carbocycles. The zero-order valence-corrected chi connectivity index (χ0v) is 19.0. The number of esters is 1. The molecule has 3 aromatic rings. The lowest BCUT2D eigenvalue weighted by Crippen LogP contribution is -2.23. The van der Waals surface area contributed by atoms with Crippen molar-refractivity contribution in [3.63, 3.8) is 0 Å². The third kappa shape index (κ3) is 4.39. The van der Waals surface area contributed by atoms with Crippen molar-refractivity contribution in [1.29, 1.82) is 0 Å². The standard InChI is InChI=1S/C19H21N3O4S3/c1-5-22-17(24)14-10(3)11(4)29-16(14)21-19(22)28-9-13(23)20-15-12(7-8-27-15)18(25)26-6-2/h7-8H,5-6,9H2,1-4H3,(H,20,23). The molecule has 0 atom stereocenters. The molecule has 0 saturated heterocycles. The molecule has 0 radical (unpaired) electrons. The van der Waals surface area contributed by atoms with Crippen molar-refractivity contribution < 1.29 is 14.3 Å². The summed E-state index contributed by atoms with van der Waals surface area (Å²) in [6, 6.07) is 1.62. The molecule has 0 aliphatic heterocycles. The first-order valence-corrected chi connectivity index (χ1v) is 11.7. The Kier molecular flexibility index (Phi) is 6.76. The van der Waals surface area contributed by atoms with Crippen LogP contribution in [0.4, 0.5) is 5.00 Å². The molecular formula is C19H21N3O4S3. The van der Waals surface area contributed by atoms with E-state index in [1.807, 2.05) is 20.8 Å². The number of aryl methyl sites for hydroxylation is 2. The molecule has 7 nitrogen and oxygen atoms in total. The summed E-state index contributed by atoms with van der Waals surface area (Å²) in [5.41, 5.74) is 1.22. The van der Waals surface area contributed by atoms with Crippen LogP contribution in [-0.4, -0.2) is 33.8 Å². The maximum Gasteiger partial charge on any atom is 0.341 e. The molecule has 0 spiro atoms. The molecule has 0 bridgehead atoms. The molecular weight excluding hydrogens is 430 g/mol. The monoisotopic (exact) mass is 451 g/mol. The highest BCUT2D eigenvalue weighted by Gasteiger charge is 2.19. The fourth-order valence-electron chi connectivity index (χ4n) is 2.77. The SMILES string of the molecule is CCOC(=O)c1ccsc1NC(=O)CSc1nc2sc(C)c(C)c2c(=O)n1CC. The van der Waals surface area contributed by atoms with Gasteiger partial charge in [-0.25, -0.2) is 9.78 Å². The van der Waals surface area contributed by atoms with Gasteiger partial charge < -0.3 is 10.1 Å². The number of carbonyl (C=O) groups is 2. The first-order chi connectivity index (χ1) is 13.9. The maximum absolute atomic E-state index is 12.9. The number of anilines is 1. The molecule has 29 heavy (non-hydrogen) atoms. The average Bonchev–Trinajstić information content (AvgIpc) is 3.25. The summed E-state index contributed by atoms with van der Waals surface area (Å²) in [4.78, 5) is 43.6. The van der Waals surface area contributed by atoms with Crippen molar-refractivity contribution in [3.8, 4) is 0 Å². The molecule has 3 aromatic heterocycles. The minimum atomic E-state index is -0.466. The van der Waals surface area contributed by atoms with E-state index < -0.39 is 5.97 Å². The van der Waals surface area contributed by atoms with Gasteiger partial charge in [0, 0.05) is 11.4 Å². The van der Waals surface area contributed by atoms with Crippen LogP contribution in [0.15, 0.2) is 21.4 Å². The number of aromatic nitrogens is 2. The van der Waals surface area contributed by atoms with Crippen molar-refractivity contribution in [2.24, 2.45) is 0 Å². The van der Waals surface area contributed by atoms with E-state index in [0.29, 0.717) is 32.5 Å². The topological polar surface area (TPSA) is 90.3 Å². The van der Waals surface area contributed by atoms with Crippen LogP contribution in [0.3, 0.4) is 0 Å². The third-order valence-electron chi connectivity index (χ3n) is 4.32. The number of nitrogens with zero attached hydrogens (tertiary/aromatic N) is 2. The Bertz CT molecular complexity index is 1130. The quantitative estimate of drug-likeness (QED) is 0.331. The van der Waals surface area contributed by atoms with Crippen LogP contribution >= 0.6 is 34.4 Å². The van der Waals surface area contributed by atoms with Crippen LogP contribution in [0.2, 0.25) is 0 Å². The number of carbonyl (C=O) groups excluding carboxylic acids is 2. The van der Waals surface area contributed by atoms with Crippen LogP contribution in [-0.2, 0) is 16.1 Å². The number of amides is 1. The Hall–Kier alpha value is -2.17. The third-order valence-corrected chi connectivity index (χ3v) is 7.22. The summed E-state index contributed by atoms with van der Waals surface area (Å²) in [6.45, 7) is 8.25. The van der Waals surface area contributed by atoms with Gasteiger partial charge in [-0.3, -0.25) is 14.2 Å². The van der Waals surface area contributed by atoms with Crippen molar-refractivity contribution >= 4 is 61.5 Å². The molecule has 3 rings (SSSR count). The van der Waals surface area contributed by atoms with Crippen LogP contribution in [0, 0.1) is 13.8 Å². The van der Waals surface area contributed by atoms with Gasteiger partial charge in [0.2, 0.25) is 5.91 Å². The van der Waals surface area contributed by atoms with E-state index >= 15 is 0 Å². The zero-order valence-electron chi connectivity index (χ0n) is 16.5. The summed E-state index contributed by atoms with van der Waals surface area (Å²) in [5.74, 6) is -0.674. The largest absolute Gasteiger partial charge is 0.462 e. The van der Waals surface area contributed by atoms with Gasteiger partial charge in [0.1, 0.15) is 9.83 Å². The highest BCUT2D eigenvalue weighted by Crippen LogP contribution is 2.29. The van der Waals surface area contributed by atoms with E-state index in [-0.39, 0.29) is 23.8 Å². The van der Waals surface area contributed by atoms with Gasteiger partial charge in [0.05, 0.1) is 23.3 Å². The smallest absolute Gasteiger partial charge is 0.341 e. The van der Waals surface area contributed by atoms with Gasteiger partial charge in [0.25, 0.3) is 5.56 Å². The predicted molar refractivity (Wildman–Crippen MR) is 119 cm³/mol. The zero-order chi connectivity index (χ0) is 21.1. The Balaban J connectivity index is 1.77. The van der Waals surface area contributed by atoms with E-state index in [1.54, 1.807) is 22.9 Å². The van der Waals surface area contributed by atoms with Crippen molar-refractivity contribution in [1.82, 2.24) is 9.55 Å². The summed E-state index contributed by atoms with van der Waals surface area (Å²) >= 11 is 3.95. The van der Waals surface area contributed by atoms with Crippen LogP contribution in [0.25, 0.3) is 10.2 Å². The second-order valence-corrected chi connectivity index (χ2v) is 9.19. The van der Waals surface area contributed by atoms with Crippen LogP contribution < -0.4 is 10.9 Å². The van der Waals surface area contributed by atoms with Gasteiger partial charge >= 0.3 is 5.97 Å². The number of hydrogen-bond acceptors (Lipinski definition) is 8. The number of thioether (sulfide) groups is 1. The molecule has 0 aliphatic rings. The summed E-state index contributed by atoms with van der Waals surface area (Å²) in [7, 11) is 0. The second-order valence-electron chi connectivity index (χ2n) is 6.13. The number of rotatable bonds is 7. The van der Waals surface area contributed by atoms with Crippen molar-refractivity contribution in [2.45, 2.75) is 39.4 Å². The van der Waals surface area contributed by atoms with Crippen LogP contribution in [0.1, 0.15) is 34.6 Å². The van der Waals surface area contributed by atoms with E-state index in [2.05, 4.69) is 10.3 Å². The minimum Gasteiger partial charge on any atom is -0.462 e. The van der Waals surface area contributed by atoms with E-state index in [9.17, 15) is 14.4 Å². The molecule has 1 N–H and O–H groups in total. The Morgan fingerprint density at radius 2 is 2.07 bits per heavy atom. The fraction of sp³-hybridized carbons (Fsp3) is 0.368. The van der Waals surface area contributed by atoms with E-state index in [0.717, 1.165) is 10.4 Å². The van der Waals surface area contributed by atoms with Gasteiger partial charge in [-0.2, -0.15) is 0 Å². The van der Waals surface area contributed by atoms with Crippen molar-refractivity contribution in [2.75, 3.05) is 17.7 Å². The minimum absolute atomic E-state index is 0.0709. The lowest BCUT2D eigenvalue weighted by molar-refractivity contribution is -0.113. The lowest BCUT2D eigenvalue weighted by atomic mass is 10.2. The molecule has 0 aromatic carbocycles. The molecule has 0 fully saturated rings. The van der Waals surface area contributed by atoms with Crippen LogP contribution in [0.5, 0.6) is 0 Å². The number of hydrogen-bond donors (Lipinski definition) is 1. The Labute approximate surface area is 180 Å². The normalized spacial score (nSPS) is 11.0. The molecule has 154 valence electrons. The Morgan fingerprint density at radius 3 is 2.76 bits per heavy atom. The first kappa shape index (κ1) is 21.5. The van der Waals surface area contributed by atoms with Crippen molar-refractivity contribution in [3.05, 3.63) is 37.8 Å². The number of fused-ring (bicyclic) bond motifs is 1. The summed E-state index contributed by atoms with van der Waals surface area (Å²) in [6.07, 6.45) is 0. The average molecular weight is 452 g/mol. The summed E-state index contributed by atoms with van der Waals surface area (Å²) in [5, 5.41) is 6.09. The molecule has 0 unspecified atom stereocenters. The highest BCUT2D eigenvalue weighted by molar-refractivity contribution is 7.99. The fourth-order valence-corrected chi connectivity index (χ4v) is 5.49. The molecule has 3 heterocycles. The van der Waals surface area contributed by atoms with Gasteiger partial charge in [-0.1, -0.05) is 11.8 Å². The van der Waals surface area contributed by atoms with E-state index in [1.165, 1.54) is 34.4 Å². The van der Waals surface area contributed by atoms with E-state index in [4.69, 9.17) is 4.74 Å². The maximum atomic E-state index is 12.9. The lowest BCUT2D eigenvalue weighted by Gasteiger charge is -2.10. The molecule has 0 saturated carbocycles. The van der Waals surface area contributed by atoms with Gasteiger partial charge in [-0.15, -0.1) is 22.7 Å². The number of thiophene rings is 2. The second kappa shape index (κ2) is 9.10. The highest BCUT2D eigenvalue weighted by atomic mass is 32.2. The number of ether oxygens (including phenoxy) is 1. The first-order valence-electron chi connectivity index (χ1n) is 9.05. The predicted octanol–water partition coefficient (Wildman–Crippen LogP) is 4.06. The summed E-state index contributed by atoms with van der Waals surface area (Å²) < 4.78 is 6.59. The van der Waals surface area contributed by atoms with Gasteiger partial charge in [0.15, 0.2) is 5.16 Å². The molecule has 1 amide bonds.